The summed E-state index contributed by atoms with van der Waals surface area (Å²) >= 11 is 6.62. The van der Waals surface area contributed by atoms with Gasteiger partial charge < -0.3 is 5.11 Å². The normalized spacial score (nSPS) is 25.7. The van der Waals surface area contributed by atoms with Crippen LogP contribution in [0.5, 0.6) is 0 Å². The van der Waals surface area contributed by atoms with E-state index in [1.165, 1.54) is 0 Å². The fourth-order valence-corrected chi connectivity index (χ4v) is 4.81. The van der Waals surface area contributed by atoms with Crippen LogP contribution >= 0.6 is 39.0 Å². The van der Waals surface area contributed by atoms with Crippen LogP contribution in [0.4, 0.5) is 0 Å². The number of hydrogen-bond acceptors (Lipinski definition) is 3. The molecule has 0 radical (unpaired) electrons. The lowest BCUT2D eigenvalue weighted by Gasteiger charge is -2.21. The largest absolute Gasteiger partial charge is 0.480 e. The number of hydrogen-bond donors (Lipinski definition) is 1. The maximum Gasteiger partial charge on any atom is 0.320 e. The van der Waals surface area contributed by atoms with Crippen LogP contribution in [0.25, 0.3) is 0 Å². The van der Waals surface area contributed by atoms with E-state index in [1.54, 1.807) is 23.1 Å². The van der Waals surface area contributed by atoms with Gasteiger partial charge in [-0.3, -0.25) is 4.79 Å². The highest BCUT2D eigenvalue weighted by Crippen LogP contribution is 2.42. The van der Waals surface area contributed by atoms with Crippen molar-refractivity contribution in [3.8, 4) is 0 Å². The Morgan fingerprint density at radius 1 is 1.67 bits per heavy atom. The van der Waals surface area contributed by atoms with Crippen LogP contribution in [-0.4, -0.2) is 21.6 Å². The molecule has 1 saturated heterocycles. The van der Waals surface area contributed by atoms with Gasteiger partial charge in [-0.05, 0) is 40.6 Å². The smallest absolute Gasteiger partial charge is 0.320 e. The SMILES string of the molecule is O=C(O)C1(Cc2cc(Br)cs2)CCCS1. The van der Waals surface area contributed by atoms with Crippen LogP contribution in [0.1, 0.15) is 17.7 Å². The maximum atomic E-state index is 11.3. The predicted molar refractivity (Wildman–Crippen MR) is 67.8 cm³/mol. The van der Waals surface area contributed by atoms with Crippen LogP contribution < -0.4 is 0 Å². The number of halogens is 1. The van der Waals surface area contributed by atoms with Gasteiger partial charge in [0.2, 0.25) is 0 Å². The van der Waals surface area contributed by atoms with E-state index in [2.05, 4.69) is 15.9 Å². The fourth-order valence-electron chi connectivity index (χ4n) is 1.81. The first-order valence-electron chi connectivity index (χ1n) is 4.73. The second kappa shape index (κ2) is 4.47. The van der Waals surface area contributed by atoms with Crippen molar-refractivity contribution >= 4 is 45.0 Å². The van der Waals surface area contributed by atoms with Crippen molar-refractivity contribution in [2.75, 3.05) is 5.75 Å². The van der Waals surface area contributed by atoms with Crippen molar-refractivity contribution in [2.45, 2.75) is 24.0 Å². The molecule has 0 aromatic carbocycles. The minimum atomic E-state index is -0.658. The van der Waals surface area contributed by atoms with E-state index in [-0.39, 0.29) is 0 Å². The quantitative estimate of drug-likeness (QED) is 0.930. The number of rotatable bonds is 3. The van der Waals surface area contributed by atoms with E-state index in [1.807, 2.05) is 11.4 Å². The minimum absolute atomic E-state index is 0.565. The molecule has 2 rings (SSSR count). The lowest BCUT2D eigenvalue weighted by atomic mass is 9.98. The van der Waals surface area contributed by atoms with E-state index in [0.29, 0.717) is 6.42 Å². The van der Waals surface area contributed by atoms with Gasteiger partial charge in [-0.2, -0.15) is 0 Å². The summed E-state index contributed by atoms with van der Waals surface area (Å²) in [6.07, 6.45) is 2.47. The van der Waals surface area contributed by atoms with E-state index in [4.69, 9.17) is 0 Å². The molecule has 1 aromatic rings. The standard InChI is InChI=1S/C10H11BrO2S2/c11-7-4-8(14-6-7)5-10(9(12)13)2-1-3-15-10/h4,6H,1-3,5H2,(H,12,13). The molecule has 1 unspecified atom stereocenters. The van der Waals surface area contributed by atoms with E-state index < -0.39 is 10.7 Å². The van der Waals surface area contributed by atoms with Crippen molar-refractivity contribution in [1.29, 1.82) is 0 Å². The average Bonchev–Trinajstić information content (AvgIpc) is 2.77. The Bertz CT molecular complexity index is 369. The first-order chi connectivity index (χ1) is 7.12. The Balaban J connectivity index is 2.17. The van der Waals surface area contributed by atoms with Crippen molar-refractivity contribution in [3.05, 3.63) is 20.8 Å². The molecule has 0 aliphatic carbocycles. The molecular weight excluding hydrogens is 296 g/mol. The fraction of sp³-hybridized carbons (Fsp3) is 0.500. The van der Waals surface area contributed by atoms with Gasteiger partial charge >= 0.3 is 5.97 Å². The predicted octanol–water partition coefficient (Wildman–Crippen LogP) is 3.40. The van der Waals surface area contributed by atoms with Gasteiger partial charge in [0.05, 0.1) is 0 Å². The Kier molecular flexibility index (Phi) is 3.42. The van der Waals surface area contributed by atoms with Gasteiger partial charge in [0.1, 0.15) is 4.75 Å². The van der Waals surface area contributed by atoms with Crippen molar-refractivity contribution in [2.24, 2.45) is 0 Å². The Morgan fingerprint density at radius 3 is 2.93 bits per heavy atom. The molecule has 1 fully saturated rings. The van der Waals surface area contributed by atoms with E-state index in [0.717, 1.165) is 27.9 Å². The molecule has 2 nitrogen and oxygen atoms in total. The Morgan fingerprint density at radius 2 is 2.47 bits per heavy atom. The van der Waals surface area contributed by atoms with Gasteiger partial charge in [0.25, 0.3) is 0 Å². The highest BCUT2D eigenvalue weighted by atomic mass is 79.9. The van der Waals surface area contributed by atoms with Gasteiger partial charge in [0.15, 0.2) is 0 Å². The monoisotopic (exact) mass is 306 g/mol. The van der Waals surface area contributed by atoms with Crippen LogP contribution in [0, 0.1) is 0 Å². The highest BCUT2D eigenvalue weighted by Gasteiger charge is 2.42. The third kappa shape index (κ3) is 2.40. The van der Waals surface area contributed by atoms with Crippen LogP contribution in [0.3, 0.4) is 0 Å². The number of carbonyl (C=O) groups is 1. The molecule has 1 atom stereocenters. The second-order valence-corrected chi connectivity index (χ2v) is 7.05. The summed E-state index contributed by atoms with van der Waals surface area (Å²) in [7, 11) is 0. The van der Waals surface area contributed by atoms with Crippen molar-refractivity contribution in [1.82, 2.24) is 0 Å². The summed E-state index contributed by atoms with van der Waals surface area (Å²) in [5.74, 6) is 0.313. The highest BCUT2D eigenvalue weighted by molar-refractivity contribution is 9.10. The zero-order chi connectivity index (χ0) is 10.9. The first kappa shape index (κ1) is 11.5. The summed E-state index contributed by atoms with van der Waals surface area (Å²) in [4.78, 5) is 12.5. The number of carboxylic acids is 1. The maximum absolute atomic E-state index is 11.3. The zero-order valence-corrected chi connectivity index (χ0v) is 11.3. The summed E-state index contributed by atoms with van der Waals surface area (Å²) in [6, 6.07) is 2.02. The first-order valence-corrected chi connectivity index (χ1v) is 7.38. The lowest BCUT2D eigenvalue weighted by Crippen LogP contribution is -2.34. The van der Waals surface area contributed by atoms with Gasteiger partial charge in [-0.1, -0.05) is 0 Å². The summed E-state index contributed by atoms with van der Waals surface area (Å²) in [5, 5.41) is 11.3. The van der Waals surface area contributed by atoms with Gasteiger partial charge in [-0.25, -0.2) is 0 Å². The molecule has 15 heavy (non-hydrogen) atoms. The molecular formula is C10H11BrO2S2. The average molecular weight is 307 g/mol. The molecule has 0 amide bonds. The Hall–Kier alpha value is -0.000000000000000111. The number of thioether (sulfide) groups is 1. The van der Waals surface area contributed by atoms with Crippen molar-refractivity contribution in [3.63, 3.8) is 0 Å². The van der Waals surface area contributed by atoms with Gasteiger partial charge in [-0.15, -0.1) is 23.1 Å². The molecule has 1 N–H and O–H groups in total. The Labute approximate surface area is 105 Å². The third-order valence-corrected chi connectivity index (χ3v) is 5.84. The topological polar surface area (TPSA) is 37.3 Å². The molecule has 5 heteroatoms. The zero-order valence-electron chi connectivity index (χ0n) is 8.03. The second-order valence-electron chi connectivity index (χ2n) is 3.66. The molecule has 0 saturated carbocycles. The number of carboxylic acid groups (broad SMARTS) is 1. The molecule has 1 aromatic heterocycles. The van der Waals surface area contributed by atoms with Gasteiger partial charge in [0, 0.05) is 21.2 Å². The third-order valence-electron chi connectivity index (χ3n) is 2.57. The van der Waals surface area contributed by atoms with E-state index in [9.17, 15) is 9.90 Å². The molecule has 82 valence electrons. The molecule has 1 aliphatic rings. The summed E-state index contributed by atoms with van der Waals surface area (Å²) < 4.78 is 0.482. The van der Waals surface area contributed by atoms with Crippen LogP contribution in [0.2, 0.25) is 0 Å². The molecule has 0 bridgehead atoms. The molecule has 1 aliphatic heterocycles. The lowest BCUT2D eigenvalue weighted by molar-refractivity contribution is -0.139. The van der Waals surface area contributed by atoms with Crippen LogP contribution in [-0.2, 0) is 11.2 Å². The summed E-state index contributed by atoms with van der Waals surface area (Å²) in [5.41, 5.74) is 0. The van der Waals surface area contributed by atoms with Crippen LogP contribution in [0.15, 0.2) is 15.9 Å². The minimum Gasteiger partial charge on any atom is -0.480 e. The number of aliphatic carboxylic acids is 1. The summed E-state index contributed by atoms with van der Waals surface area (Å²) in [6.45, 7) is 0. The number of thiophene rings is 1. The molecule has 0 spiro atoms. The van der Waals surface area contributed by atoms with E-state index >= 15 is 0 Å². The van der Waals surface area contributed by atoms with Crippen molar-refractivity contribution < 1.29 is 9.90 Å². The molecule has 2 heterocycles.